The molecule has 13 nitrogen and oxygen atoms in total. The van der Waals surface area contributed by atoms with Gasteiger partial charge in [0.25, 0.3) is 5.92 Å². The summed E-state index contributed by atoms with van der Waals surface area (Å²) in [7, 11) is -2.74. The Bertz CT molecular complexity index is 2620. The van der Waals surface area contributed by atoms with E-state index in [4.69, 9.17) is 0 Å². The van der Waals surface area contributed by atoms with E-state index in [1.54, 1.807) is 6.07 Å². The van der Waals surface area contributed by atoms with Gasteiger partial charge in [0.15, 0.2) is 11.5 Å². The molecule has 3 atom stereocenters. The van der Waals surface area contributed by atoms with Gasteiger partial charge in [-0.2, -0.15) is 36.5 Å². The number of hydrogen-bond donors (Lipinski definition) is 2. The quantitative estimate of drug-likeness (QED) is 0.160. The molecule has 3 heterocycles. The molecule has 2 aliphatic rings. The number of hydrogen-bond acceptors (Lipinski definition) is 8. The predicted octanol–water partition coefficient (Wildman–Crippen LogP) is 6.10. The standard InChI is InChI=1S/C37H33F7N8O5S/c1-17(53)46-22-14-26(23-6-5-7-25-32(23)50(3)49-35(25)52(18(2)54)58(4,56)57)31(45-15-22)28(12-19-10-20(38)13-21(39)11-19)47-29(55)16-51-34-30(33(48-51)37(42,43)44)24-8-9-27(24)36(34,40)41/h5-7,10-11,13-15,24,27-28H,8-9,12,16H2,1-4H3,(H,46,53)(H,47,55)/t24-,27+,28-/m0/s1. The minimum absolute atomic E-state index is 0.0169. The lowest BCUT2D eigenvalue weighted by molar-refractivity contribution is -0.144. The number of nitrogens with one attached hydrogen (secondary N) is 2. The van der Waals surface area contributed by atoms with Gasteiger partial charge in [0.2, 0.25) is 27.7 Å². The van der Waals surface area contributed by atoms with Crippen LogP contribution >= 0.6 is 0 Å². The van der Waals surface area contributed by atoms with Gasteiger partial charge < -0.3 is 10.6 Å². The van der Waals surface area contributed by atoms with Crippen molar-refractivity contribution in [3.8, 4) is 11.1 Å². The number of carbonyl (C=O) groups excluding carboxylic acids is 3. The molecule has 0 bridgehead atoms. The molecule has 5 aromatic rings. The first kappa shape index (κ1) is 40.3. The Hall–Kier alpha value is -5.86. The molecule has 2 N–H and O–H groups in total. The number of anilines is 2. The van der Waals surface area contributed by atoms with Crippen molar-refractivity contribution in [1.29, 1.82) is 0 Å². The van der Waals surface area contributed by atoms with Crippen molar-refractivity contribution in [2.24, 2.45) is 13.0 Å². The van der Waals surface area contributed by atoms with Gasteiger partial charge in [-0.05, 0) is 55.0 Å². The summed E-state index contributed by atoms with van der Waals surface area (Å²) in [4.78, 5) is 43.1. The van der Waals surface area contributed by atoms with E-state index in [0.717, 1.165) is 25.3 Å². The van der Waals surface area contributed by atoms with Crippen LogP contribution in [0.4, 0.5) is 42.2 Å². The minimum Gasteiger partial charge on any atom is -0.346 e. The topological polar surface area (TPSA) is 161 Å². The lowest BCUT2D eigenvalue weighted by Gasteiger charge is -2.34. The largest absolute Gasteiger partial charge is 0.435 e. The normalized spacial score (nSPS) is 17.6. The van der Waals surface area contributed by atoms with Crippen molar-refractivity contribution < 1.29 is 53.5 Å². The van der Waals surface area contributed by atoms with Gasteiger partial charge >= 0.3 is 6.18 Å². The zero-order chi connectivity index (χ0) is 42.2. The van der Waals surface area contributed by atoms with E-state index >= 15 is 8.78 Å². The van der Waals surface area contributed by atoms with Crippen LogP contribution in [0.25, 0.3) is 22.0 Å². The molecule has 0 aliphatic heterocycles. The molecule has 58 heavy (non-hydrogen) atoms. The highest BCUT2D eigenvalue weighted by Crippen LogP contribution is 2.64. The van der Waals surface area contributed by atoms with Gasteiger partial charge in [-0.15, -0.1) is 0 Å². The van der Waals surface area contributed by atoms with Crippen molar-refractivity contribution in [3.05, 3.63) is 88.5 Å². The molecular weight excluding hydrogens is 802 g/mol. The van der Waals surface area contributed by atoms with Gasteiger partial charge in [0.05, 0.1) is 35.4 Å². The first-order valence-electron chi connectivity index (χ1n) is 17.6. The van der Waals surface area contributed by atoms with Gasteiger partial charge in [-0.3, -0.25) is 28.7 Å². The fraction of sp³-hybridized carbons (Fsp3) is 0.351. The van der Waals surface area contributed by atoms with Crippen LogP contribution in [0.2, 0.25) is 0 Å². The molecule has 7 rings (SSSR count). The summed E-state index contributed by atoms with van der Waals surface area (Å²) in [5.41, 5.74) is -2.50. The van der Waals surface area contributed by atoms with Gasteiger partial charge in [-0.25, -0.2) is 17.2 Å². The molecule has 306 valence electrons. The second-order valence-corrected chi connectivity index (χ2v) is 16.1. The SMILES string of the molecule is CC(=O)Nc1cnc([C@H](Cc2cc(F)cc(F)c2)NC(=O)Cn2nc(C(F)(F)F)c3c2C(F)(F)[C@@H]2CC[C@H]32)c(-c2cccc3c(N(C(C)=O)S(C)(=O)=O)nn(C)c23)c1. The van der Waals surface area contributed by atoms with Crippen molar-refractivity contribution in [1.82, 2.24) is 29.9 Å². The summed E-state index contributed by atoms with van der Waals surface area (Å²) < 4.78 is 130. The Morgan fingerprint density at radius 3 is 2.29 bits per heavy atom. The van der Waals surface area contributed by atoms with Crippen molar-refractivity contribution in [2.45, 2.75) is 63.7 Å². The minimum atomic E-state index is -5.10. The molecule has 2 aliphatic carbocycles. The average Bonchev–Trinajstić information content (AvgIpc) is 3.64. The number of alkyl halides is 5. The number of benzene rings is 2. The van der Waals surface area contributed by atoms with Crippen molar-refractivity contribution in [2.75, 3.05) is 15.9 Å². The van der Waals surface area contributed by atoms with E-state index in [0.29, 0.717) is 15.1 Å². The number of sulfonamides is 1. The number of carbonyl (C=O) groups is 3. The van der Waals surface area contributed by atoms with Crippen LogP contribution < -0.4 is 14.9 Å². The highest BCUT2D eigenvalue weighted by molar-refractivity contribution is 7.92. The summed E-state index contributed by atoms with van der Waals surface area (Å²) in [5, 5.41) is 13.1. The van der Waals surface area contributed by atoms with Gasteiger partial charge in [0.1, 0.15) is 23.9 Å². The highest BCUT2D eigenvalue weighted by Gasteiger charge is 2.63. The third-order valence-electron chi connectivity index (χ3n) is 10.2. The molecular formula is C37H33F7N8O5S. The summed E-state index contributed by atoms with van der Waals surface area (Å²) in [5.74, 6) is -10.9. The maximum absolute atomic E-state index is 15.6. The van der Waals surface area contributed by atoms with E-state index in [2.05, 4.69) is 25.8 Å². The predicted molar refractivity (Wildman–Crippen MR) is 194 cm³/mol. The fourth-order valence-electron chi connectivity index (χ4n) is 7.98. The van der Waals surface area contributed by atoms with Crippen LogP contribution in [-0.2, 0) is 56.5 Å². The molecule has 0 radical (unpaired) electrons. The number of amides is 3. The molecule has 3 aromatic heterocycles. The Balaban J connectivity index is 1.38. The Kier molecular flexibility index (Phi) is 9.88. The van der Waals surface area contributed by atoms with Crippen molar-refractivity contribution in [3.63, 3.8) is 0 Å². The lowest BCUT2D eigenvalue weighted by atomic mass is 9.73. The summed E-state index contributed by atoms with van der Waals surface area (Å²) in [6.07, 6.45) is -3.42. The zero-order valence-corrected chi connectivity index (χ0v) is 31.8. The van der Waals surface area contributed by atoms with Crippen LogP contribution in [0.5, 0.6) is 0 Å². The van der Waals surface area contributed by atoms with Crippen molar-refractivity contribution >= 4 is 50.2 Å². The summed E-state index contributed by atoms with van der Waals surface area (Å²) in [6.45, 7) is 1.14. The van der Waals surface area contributed by atoms with Crippen LogP contribution in [0.3, 0.4) is 0 Å². The van der Waals surface area contributed by atoms with E-state index in [9.17, 15) is 44.8 Å². The molecule has 1 fully saturated rings. The number of fused-ring (bicyclic) bond motifs is 4. The molecule has 0 saturated heterocycles. The third-order valence-corrected chi connectivity index (χ3v) is 11.3. The van der Waals surface area contributed by atoms with E-state index in [1.807, 2.05) is 0 Å². The first-order valence-corrected chi connectivity index (χ1v) is 19.5. The average molecular weight is 835 g/mol. The molecule has 1 saturated carbocycles. The number of halogens is 7. The van der Waals surface area contributed by atoms with E-state index in [-0.39, 0.29) is 57.6 Å². The number of nitrogens with zero attached hydrogens (tertiary/aromatic N) is 6. The second-order valence-electron chi connectivity index (χ2n) is 14.3. The van der Waals surface area contributed by atoms with Crippen LogP contribution in [0.1, 0.15) is 66.9 Å². The second kappa shape index (κ2) is 14.2. The highest BCUT2D eigenvalue weighted by atomic mass is 32.2. The van der Waals surface area contributed by atoms with Crippen LogP contribution in [0.15, 0.2) is 48.7 Å². The monoisotopic (exact) mass is 834 g/mol. The lowest BCUT2D eigenvalue weighted by Crippen LogP contribution is -2.36. The maximum Gasteiger partial charge on any atom is 0.435 e. The number of para-hydroxylation sites is 1. The maximum atomic E-state index is 15.6. The van der Waals surface area contributed by atoms with E-state index < -0.39 is 99.3 Å². The number of rotatable bonds is 10. The zero-order valence-electron chi connectivity index (χ0n) is 31.0. The molecule has 3 amide bonds. The first-order chi connectivity index (χ1) is 27.1. The van der Waals surface area contributed by atoms with Gasteiger partial charge in [0, 0.05) is 55.0 Å². The molecule has 0 unspecified atom stereocenters. The summed E-state index contributed by atoms with van der Waals surface area (Å²) >= 11 is 0. The summed E-state index contributed by atoms with van der Waals surface area (Å²) in [6, 6.07) is 7.11. The van der Waals surface area contributed by atoms with Gasteiger partial charge in [-0.1, -0.05) is 12.1 Å². The van der Waals surface area contributed by atoms with Crippen LogP contribution in [-0.4, -0.2) is 56.9 Å². The smallest absolute Gasteiger partial charge is 0.346 e. The van der Waals surface area contributed by atoms with Crippen LogP contribution in [0, 0.1) is 17.6 Å². The number of aromatic nitrogens is 5. The molecule has 21 heteroatoms. The molecule has 2 aromatic carbocycles. The fourth-order valence-corrected chi connectivity index (χ4v) is 8.90. The third kappa shape index (κ3) is 7.15. The Labute approximate surface area is 325 Å². The number of aryl methyl sites for hydroxylation is 1. The Morgan fingerprint density at radius 2 is 1.71 bits per heavy atom. The van der Waals surface area contributed by atoms with E-state index in [1.165, 1.54) is 43.0 Å². The number of pyridine rings is 1. The Morgan fingerprint density at radius 1 is 1.02 bits per heavy atom. The molecule has 0 spiro atoms.